The zero-order valence-electron chi connectivity index (χ0n) is 16.0. The largest absolute Gasteiger partial charge is 0.394 e. The highest BCUT2D eigenvalue weighted by Crippen LogP contribution is 2.36. The number of hydrogen-bond acceptors (Lipinski definition) is 4. The highest BCUT2D eigenvalue weighted by molar-refractivity contribution is 7.17. The summed E-state index contributed by atoms with van der Waals surface area (Å²) in [6.07, 6.45) is 0. The first-order valence-electron chi connectivity index (χ1n) is 9.66. The van der Waals surface area contributed by atoms with Crippen molar-refractivity contribution in [2.75, 3.05) is 6.61 Å². The van der Waals surface area contributed by atoms with Gasteiger partial charge in [-0.2, -0.15) is 5.10 Å². The van der Waals surface area contributed by atoms with E-state index >= 15 is 0 Å². The van der Waals surface area contributed by atoms with E-state index in [2.05, 4.69) is 33.0 Å². The van der Waals surface area contributed by atoms with Crippen LogP contribution in [0.25, 0.3) is 32.2 Å². The molecule has 0 bridgehead atoms. The summed E-state index contributed by atoms with van der Waals surface area (Å²) in [5.41, 5.74) is 4.15. The summed E-state index contributed by atoms with van der Waals surface area (Å²) in [5, 5.41) is 24.4. The number of nitrogens with one attached hydrogen (secondary N) is 2. The molecule has 0 aliphatic rings. The number of nitrogens with zero attached hydrogens (tertiary/aromatic N) is 1. The summed E-state index contributed by atoms with van der Waals surface area (Å²) in [6.45, 7) is -0.171. The minimum Gasteiger partial charge on any atom is -0.394 e. The SMILES string of the molecule is O=C(N[C@H](CO)c1ccccc1)c1ccc2[nH]nc(-c3csc4ccccc34)c2c1. The molecule has 6 heteroatoms. The van der Waals surface area contributed by atoms with Gasteiger partial charge in [-0.25, -0.2) is 0 Å². The molecular weight excluding hydrogens is 394 g/mol. The van der Waals surface area contributed by atoms with Crippen molar-refractivity contribution in [2.24, 2.45) is 0 Å². The predicted octanol–water partition coefficient (Wildman–Crippen LogP) is 4.91. The molecule has 5 nitrogen and oxygen atoms in total. The summed E-state index contributed by atoms with van der Waals surface area (Å²) in [6, 6.07) is 22.7. The number of aliphatic hydroxyl groups is 1. The molecule has 2 heterocycles. The van der Waals surface area contributed by atoms with Crippen molar-refractivity contribution in [3.8, 4) is 11.3 Å². The maximum atomic E-state index is 12.9. The zero-order valence-corrected chi connectivity index (χ0v) is 16.8. The summed E-state index contributed by atoms with van der Waals surface area (Å²) in [7, 11) is 0. The minimum atomic E-state index is -0.459. The van der Waals surface area contributed by atoms with E-state index in [1.54, 1.807) is 17.4 Å². The van der Waals surface area contributed by atoms with Crippen molar-refractivity contribution >= 4 is 38.2 Å². The molecule has 0 unspecified atom stereocenters. The molecule has 3 aromatic carbocycles. The molecule has 0 saturated heterocycles. The molecule has 1 amide bonds. The molecule has 0 saturated carbocycles. The Hall–Kier alpha value is -3.48. The van der Waals surface area contributed by atoms with Crippen LogP contribution in [0.5, 0.6) is 0 Å². The molecule has 0 aliphatic heterocycles. The van der Waals surface area contributed by atoms with Gasteiger partial charge in [0, 0.05) is 32.0 Å². The third kappa shape index (κ3) is 3.26. The number of aromatic nitrogens is 2. The first-order chi connectivity index (χ1) is 14.7. The van der Waals surface area contributed by atoms with Crippen molar-refractivity contribution in [2.45, 2.75) is 6.04 Å². The van der Waals surface area contributed by atoms with Crippen LogP contribution in [0.4, 0.5) is 0 Å². The fourth-order valence-corrected chi connectivity index (χ4v) is 4.63. The van der Waals surface area contributed by atoms with Crippen LogP contribution in [0, 0.1) is 0 Å². The Bertz CT molecular complexity index is 1340. The van der Waals surface area contributed by atoms with E-state index in [1.807, 2.05) is 54.6 Å². The minimum absolute atomic E-state index is 0.171. The number of amides is 1. The number of fused-ring (bicyclic) bond motifs is 2. The molecule has 0 spiro atoms. The number of H-pyrrole nitrogens is 1. The van der Waals surface area contributed by atoms with Crippen molar-refractivity contribution in [1.29, 1.82) is 0 Å². The fourth-order valence-electron chi connectivity index (χ4n) is 3.68. The van der Waals surface area contributed by atoms with Crippen LogP contribution < -0.4 is 5.32 Å². The van der Waals surface area contributed by atoms with Gasteiger partial charge >= 0.3 is 0 Å². The lowest BCUT2D eigenvalue weighted by atomic mass is 10.0. The molecule has 3 N–H and O–H groups in total. The molecule has 5 aromatic rings. The third-order valence-corrected chi connectivity index (χ3v) is 6.21. The van der Waals surface area contributed by atoms with E-state index in [-0.39, 0.29) is 12.5 Å². The van der Waals surface area contributed by atoms with Gasteiger partial charge in [-0.1, -0.05) is 48.5 Å². The Labute approximate surface area is 177 Å². The van der Waals surface area contributed by atoms with E-state index in [0.29, 0.717) is 5.56 Å². The maximum absolute atomic E-state index is 12.9. The molecule has 0 radical (unpaired) electrons. The van der Waals surface area contributed by atoms with Crippen LogP contribution in [0.3, 0.4) is 0 Å². The number of thiophene rings is 1. The van der Waals surface area contributed by atoms with Crippen LogP contribution in [-0.2, 0) is 0 Å². The van der Waals surface area contributed by atoms with Gasteiger partial charge in [0.05, 0.1) is 18.2 Å². The Kier molecular flexibility index (Phi) is 4.78. The van der Waals surface area contributed by atoms with Crippen LogP contribution in [0.1, 0.15) is 22.0 Å². The van der Waals surface area contributed by atoms with Crippen molar-refractivity contribution in [3.05, 3.63) is 89.3 Å². The summed E-state index contributed by atoms with van der Waals surface area (Å²) >= 11 is 1.68. The van der Waals surface area contributed by atoms with E-state index in [9.17, 15) is 9.90 Å². The Morgan fingerprint density at radius 3 is 2.67 bits per heavy atom. The lowest BCUT2D eigenvalue weighted by Crippen LogP contribution is -2.30. The van der Waals surface area contributed by atoms with E-state index < -0.39 is 6.04 Å². The van der Waals surface area contributed by atoms with Gasteiger partial charge < -0.3 is 10.4 Å². The molecule has 5 rings (SSSR count). The summed E-state index contributed by atoms with van der Waals surface area (Å²) < 4.78 is 1.20. The van der Waals surface area contributed by atoms with E-state index in [1.165, 1.54) is 4.70 Å². The zero-order chi connectivity index (χ0) is 20.5. The normalized spacial score (nSPS) is 12.3. The molecule has 2 aromatic heterocycles. The van der Waals surface area contributed by atoms with E-state index in [0.717, 1.165) is 33.1 Å². The molecule has 0 fully saturated rings. The molecule has 1 atom stereocenters. The number of aromatic amines is 1. The monoisotopic (exact) mass is 413 g/mol. The van der Waals surface area contributed by atoms with Gasteiger partial charge in [0.25, 0.3) is 5.91 Å². The second kappa shape index (κ2) is 7.74. The highest BCUT2D eigenvalue weighted by Gasteiger charge is 2.18. The summed E-state index contributed by atoms with van der Waals surface area (Å²) in [4.78, 5) is 12.9. The third-order valence-electron chi connectivity index (χ3n) is 5.25. The maximum Gasteiger partial charge on any atom is 0.251 e. The average Bonchev–Trinajstić information content (AvgIpc) is 3.41. The lowest BCUT2D eigenvalue weighted by Gasteiger charge is -2.16. The molecule has 148 valence electrons. The number of aliphatic hydroxyl groups excluding tert-OH is 1. The van der Waals surface area contributed by atoms with Gasteiger partial charge in [-0.05, 0) is 29.8 Å². The van der Waals surface area contributed by atoms with Crippen LogP contribution in [-0.4, -0.2) is 27.8 Å². The Balaban J connectivity index is 1.50. The number of rotatable bonds is 5. The fraction of sp³-hybridized carbons (Fsp3) is 0.0833. The summed E-state index contributed by atoms with van der Waals surface area (Å²) in [5.74, 6) is -0.234. The van der Waals surface area contributed by atoms with E-state index in [4.69, 9.17) is 0 Å². The highest BCUT2D eigenvalue weighted by atomic mass is 32.1. The predicted molar refractivity (Wildman–Crippen MR) is 121 cm³/mol. The van der Waals surface area contributed by atoms with Gasteiger partial charge in [-0.3, -0.25) is 9.89 Å². The second-order valence-electron chi connectivity index (χ2n) is 7.10. The second-order valence-corrected chi connectivity index (χ2v) is 8.01. The van der Waals surface area contributed by atoms with Crippen molar-refractivity contribution in [3.63, 3.8) is 0 Å². The number of carbonyl (C=O) groups is 1. The van der Waals surface area contributed by atoms with Gasteiger partial charge in [0.15, 0.2) is 0 Å². The van der Waals surface area contributed by atoms with Crippen LogP contribution in [0.15, 0.2) is 78.2 Å². The van der Waals surface area contributed by atoms with Gasteiger partial charge in [0.2, 0.25) is 0 Å². The molecule has 0 aliphatic carbocycles. The number of hydrogen-bond donors (Lipinski definition) is 3. The van der Waals surface area contributed by atoms with Crippen LogP contribution in [0.2, 0.25) is 0 Å². The first kappa shape index (κ1) is 18.5. The standard InChI is InChI=1S/C24H19N3O2S/c28-13-21(15-6-2-1-3-7-15)25-24(29)16-10-11-20-18(12-16)23(27-26-20)19-14-30-22-9-5-4-8-17(19)22/h1-12,14,21,28H,13H2,(H,25,29)(H,26,27)/t21-/m1/s1. The van der Waals surface area contributed by atoms with Crippen LogP contribution >= 0.6 is 11.3 Å². The molecule has 30 heavy (non-hydrogen) atoms. The smallest absolute Gasteiger partial charge is 0.251 e. The number of carbonyl (C=O) groups excluding carboxylic acids is 1. The Morgan fingerprint density at radius 2 is 1.83 bits per heavy atom. The van der Waals surface area contributed by atoms with Crippen molar-refractivity contribution in [1.82, 2.24) is 15.5 Å². The number of benzene rings is 3. The topological polar surface area (TPSA) is 78.0 Å². The quantitative estimate of drug-likeness (QED) is 0.383. The average molecular weight is 414 g/mol. The Morgan fingerprint density at radius 1 is 1.03 bits per heavy atom. The lowest BCUT2D eigenvalue weighted by molar-refractivity contribution is 0.0916. The molecular formula is C24H19N3O2S. The van der Waals surface area contributed by atoms with Gasteiger partial charge in [-0.15, -0.1) is 11.3 Å². The first-order valence-corrected chi connectivity index (χ1v) is 10.5. The van der Waals surface area contributed by atoms with Gasteiger partial charge in [0.1, 0.15) is 5.69 Å². The van der Waals surface area contributed by atoms with Crippen molar-refractivity contribution < 1.29 is 9.90 Å².